The van der Waals surface area contributed by atoms with Crippen molar-refractivity contribution in [1.82, 2.24) is 4.57 Å². The lowest BCUT2D eigenvalue weighted by atomic mass is 9.72. The molecular formula is C42H34N2S. The quantitative estimate of drug-likeness (QED) is 0.196. The van der Waals surface area contributed by atoms with E-state index in [1.54, 1.807) is 0 Å². The Labute approximate surface area is 267 Å². The number of rotatable bonds is 3. The minimum absolute atomic E-state index is 0.0354. The van der Waals surface area contributed by atoms with Crippen LogP contribution >= 0.6 is 11.3 Å². The second-order valence-corrected chi connectivity index (χ2v) is 14.5. The first-order chi connectivity index (χ1) is 21.8. The summed E-state index contributed by atoms with van der Waals surface area (Å²) in [6, 6.07) is 49.3. The molecule has 9 rings (SSSR count). The Kier molecular flexibility index (Phi) is 5.50. The summed E-state index contributed by atoms with van der Waals surface area (Å²) in [6.07, 6.45) is 0. The number of hydrogen-bond donors (Lipinski definition) is 0. The summed E-state index contributed by atoms with van der Waals surface area (Å²) in [7, 11) is 0. The lowest BCUT2D eigenvalue weighted by Crippen LogP contribution is -2.48. The molecule has 0 atom stereocenters. The van der Waals surface area contributed by atoms with E-state index >= 15 is 0 Å². The number of thiophene rings is 1. The highest BCUT2D eigenvalue weighted by Gasteiger charge is 2.51. The van der Waals surface area contributed by atoms with E-state index in [2.05, 4.69) is 171 Å². The lowest BCUT2D eigenvalue weighted by molar-refractivity contribution is 0.330. The van der Waals surface area contributed by atoms with Gasteiger partial charge in [0, 0.05) is 59.0 Å². The topological polar surface area (TPSA) is 8.17 Å². The Morgan fingerprint density at radius 3 is 1.89 bits per heavy atom. The molecule has 0 spiro atoms. The summed E-state index contributed by atoms with van der Waals surface area (Å²) in [5, 5.41) is 5.33. The first-order valence-electron chi connectivity index (χ1n) is 15.8. The van der Waals surface area contributed by atoms with E-state index in [-0.39, 0.29) is 11.0 Å². The van der Waals surface area contributed by atoms with Crippen LogP contribution < -0.4 is 4.90 Å². The zero-order chi connectivity index (χ0) is 30.5. The number of anilines is 2. The molecule has 0 saturated carbocycles. The van der Waals surface area contributed by atoms with Crippen molar-refractivity contribution in [2.75, 3.05) is 4.90 Å². The summed E-state index contributed by atoms with van der Waals surface area (Å²) in [4.78, 5) is 2.52. The van der Waals surface area contributed by atoms with Crippen LogP contribution in [0.15, 0.2) is 133 Å². The van der Waals surface area contributed by atoms with Gasteiger partial charge in [-0.3, -0.25) is 0 Å². The van der Waals surface area contributed by atoms with Crippen LogP contribution in [0.25, 0.3) is 58.8 Å². The van der Waals surface area contributed by atoms with Crippen LogP contribution in [0.1, 0.15) is 33.3 Å². The minimum Gasteiger partial charge on any atom is -0.335 e. The third-order valence-electron chi connectivity index (χ3n) is 10.7. The molecule has 3 heteroatoms. The monoisotopic (exact) mass is 598 g/mol. The predicted octanol–water partition coefficient (Wildman–Crippen LogP) is 12.0. The van der Waals surface area contributed by atoms with Crippen LogP contribution in [0, 0.1) is 0 Å². The van der Waals surface area contributed by atoms with Crippen molar-refractivity contribution in [2.24, 2.45) is 0 Å². The normalized spacial score (nSPS) is 15.4. The molecule has 6 aromatic carbocycles. The predicted molar refractivity (Wildman–Crippen MR) is 195 cm³/mol. The van der Waals surface area contributed by atoms with Gasteiger partial charge in [0.05, 0.1) is 11.0 Å². The third-order valence-corrected chi connectivity index (χ3v) is 11.9. The van der Waals surface area contributed by atoms with Crippen LogP contribution in [-0.4, -0.2) is 10.1 Å². The van der Waals surface area contributed by atoms with Crippen molar-refractivity contribution < 1.29 is 0 Å². The van der Waals surface area contributed by atoms with Gasteiger partial charge in [-0.1, -0.05) is 98.8 Å². The third kappa shape index (κ3) is 3.62. The molecule has 0 saturated heterocycles. The Hall–Kier alpha value is -4.86. The van der Waals surface area contributed by atoms with E-state index in [1.807, 2.05) is 11.3 Å². The summed E-state index contributed by atoms with van der Waals surface area (Å²) >= 11 is 1.90. The highest BCUT2D eigenvalue weighted by atomic mass is 32.1. The second-order valence-electron chi connectivity index (χ2n) is 13.4. The first-order valence-corrected chi connectivity index (χ1v) is 16.6. The fourth-order valence-electron chi connectivity index (χ4n) is 7.69. The van der Waals surface area contributed by atoms with E-state index in [1.165, 1.54) is 75.7 Å². The van der Waals surface area contributed by atoms with Crippen LogP contribution in [0.4, 0.5) is 11.4 Å². The van der Waals surface area contributed by atoms with Crippen molar-refractivity contribution in [3.05, 3.63) is 139 Å². The fraction of sp³-hybridized carbons (Fsp3) is 0.143. The number of fused-ring (bicyclic) bond motifs is 8. The van der Waals surface area contributed by atoms with Gasteiger partial charge in [0.25, 0.3) is 0 Å². The fourth-order valence-corrected chi connectivity index (χ4v) is 8.95. The number of aromatic nitrogens is 1. The Morgan fingerprint density at radius 1 is 0.511 bits per heavy atom. The zero-order valence-corrected chi connectivity index (χ0v) is 26.8. The van der Waals surface area contributed by atoms with Gasteiger partial charge in [-0.05, 0) is 79.1 Å². The first kappa shape index (κ1) is 26.5. The van der Waals surface area contributed by atoms with Gasteiger partial charge in [0.1, 0.15) is 0 Å². The Balaban J connectivity index is 1.11. The van der Waals surface area contributed by atoms with Gasteiger partial charge < -0.3 is 9.47 Å². The summed E-state index contributed by atoms with van der Waals surface area (Å²) < 4.78 is 5.14. The SMILES string of the molecule is CC1(C)c2ccccc2N(c2ccc(-c3ccc(-n4c5ccccc5c5c6sc7ccccc7c6ccc54)cc3)cc2)C1(C)C. The van der Waals surface area contributed by atoms with Crippen molar-refractivity contribution in [3.63, 3.8) is 0 Å². The van der Waals surface area contributed by atoms with Crippen LogP contribution in [0.5, 0.6) is 0 Å². The molecule has 0 bridgehead atoms. The van der Waals surface area contributed by atoms with E-state index in [0.29, 0.717) is 0 Å². The Morgan fingerprint density at radius 2 is 1.13 bits per heavy atom. The maximum atomic E-state index is 2.52. The summed E-state index contributed by atoms with van der Waals surface area (Å²) in [6.45, 7) is 9.45. The van der Waals surface area contributed by atoms with Gasteiger partial charge in [-0.2, -0.15) is 0 Å². The average Bonchev–Trinajstić information content (AvgIpc) is 3.66. The maximum Gasteiger partial charge on any atom is 0.0555 e. The highest BCUT2D eigenvalue weighted by Crippen LogP contribution is 2.54. The van der Waals surface area contributed by atoms with Gasteiger partial charge in [0.15, 0.2) is 0 Å². The van der Waals surface area contributed by atoms with Crippen molar-refractivity contribution >= 4 is 64.7 Å². The largest absolute Gasteiger partial charge is 0.335 e. The van der Waals surface area contributed by atoms with E-state index in [9.17, 15) is 0 Å². The zero-order valence-electron chi connectivity index (χ0n) is 26.0. The molecule has 1 aliphatic rings. The van der Waals surface area contributed by atoms with Crippen molar-refractivity contribution in [2.45, 2.75) is 38.6 Å². The molecule has 0 unspecified atom stereocenters. The molecule has 1 aliphatic heterocycles. The van der Waals surface area contributed by atoms with Crippen molar-refractivity contribution in [3.8, 4) is 16.8 Å². The van der Waals surface area contributed by atoms with Crippen LogP contribution in [-0.2, 0) is 5.41 Å². The molecule has 3 heterocycles. The average molecular weight is 599 g/mol. The Bertz CT molecular complexity index is 2420. The molecule has 0 amide bonds. The number of nitrogens with zero attached hydrogens (tertiary/aromatic N) is 2. The second kappa shape index (κ2) is 9.32. The molecule has 0 radical (unpaired) electrons. The molecule has 45 heavy (non-hydrogen) atoms. The van der Waals surface area contributed by atoms with Gasteiger partial charge in [-0.25, -0.2) is 0 Å². The van der Waals surface area contributed by atoms with Crippen molar-refractivity contribution in [1.29, 1.82) is 0 Å². The molecular weight excluding hydrogens is 565 g/mol. The molecule has 0 aliphatic carbocycles. The smallest absolute Gasteiger partial charge is 0.0555 e. The summed E-state index contributed by atoms with van der Waals surface area (Å²) in [5.41, 5.74) is 10.1. The van der Waals surface area contributed by atoms with Gasteiger partial charge in [0.2, 0.25) is 0 Å². The van der Waals surface area contributed by atoms with Gasteiger partial charge >= 0.3 is 0 Å². The van der Waals surface area contributed by atoms with Crippen LogP contribution in [0.2, 0.25) is 0 Å². The highest BCUT2D eigenvalue weighted by molar-refractivity contribution is 7.26. The number of para-hydroxylation sites is 2. The van der Waals surface area contributed by atoms with E-state index in [0.717, 1.165) is 0 Å². The minimum atomic E-state index is -0.0520. The standard InChI is InChI=1S/C42H34N2S/c1-41(2)34-13-7-9-15-36(34)44(42(41,3)4)30-23-19-28(20-24-30)27-17-21-29(22-18-27)43-35-14-8-5-12-33(35)39-37(43)26-25-32-31-11-6-10-16-38(31)45-40(32)39/h5-26H,1-4H3. The number of hydrogen-bond acceptors (Lipinski definition) is 2. The molecule has 2 nitrogen and oxygen atoms in total. The molecule has 0 fully saturated rings. The molecule has 218 valence electrons. The van der Waals surface area contributed by atoms with Crippen LogP contribution in [0.3, 0.4) is 0 Å². The maximum absolute atomic E-state index is 2.52. The lowest BCUT2D eigenvalue weighted by Gasteiger charge is -2.42. The molecule has 8 aromatic rings. The summed E-state index contributed by atoms with van der Waals surface area (Å²) in [5.74, 6) is 0. The molecule has 2 aromatic heterocycles. The van der Waals surface area contributed by atoms with Gasteiger partial charge in [-0.15, -0.1) is 11.3 Å². The molecule has 0 N–H and O–H groups in total. The van der Waals surface area contributed by atoms with E-state index < -0.39 is 0 Å². The van der Waals surface area contributed by atoms with E-state index in [4.69, 9.17) is 0 Å². The number of benzene rings is 6.